The summed E-state index contributed by atoms with van der Waals surface area (Å²) in [6.45, 7) is 5.46. The number of amides is 1. The summed E-state index contributed by atoms with van der Waals surface area (Å²) in [5.74, 6) is 0.179. The van der Waals surface area contributed by atoms with Gasteiger partial charge in [0, 0.05) is 42.2 Å². The first-order valence-electron chi connectivity index (χ1n) is 13.2. The molecule has 1 N–H and O–H groups in total. The molecule has 3 fully saturated rings. The van der Waals surface area contributed by atoms with Crippen LogP contribution < -0.4 is 9.62 Å². The first-order chi connectivity index (χ1) is 19.0. The Balaban J connectivity index is 1.40. The minimum absolute atomic E-state index is 0.0764. The Labute approximate surface area is 233 Å². The number of halogens is 2. The molecule has 6 rings (SSSR count). The number of nitrogens with one attached hydrogen (secondary N) is 1. The van der Waals surface area contributed by atoms with Crippen LogP contribution in [0.4, 0.5) is 14.5 Å². The van der Waals surface area contributed by atoms with Gasteiger partial charge in [-0.15, -0.1) is 10.2 Å². The number of sulfonamides is 1. The highest BCUT2D eigenvalue weighted by Gasteiger charge is 2.51. The molecule has 2 aromatic heterocycles. The van der Waals surface area contributed by atoms with E-state index >= 15 is 0 Å². The molecule has 0 radical (unpaired) electrons. The number of nitrogens with zero attached hydrogens (tertiary/aromatic N) is 7. The molecule has 1 unspecified atom stereocenters. The van der Waals surface area contributed by atoms with E-state index in [9.17, 15) is 27.3 Å². The largest absolute Gasteiger partial charge is 0.367 e. The lowest BCUT2D eigenvalue weighted by molar-refractivity contribution is -0.139. The molecule has 2 aliphatic carbocycles. The number of alkyl halides is 2. The number of anilines is 1. The SMILES string of the molecule is CCC1(C(=O)N2CCN(c3cc(S(=O)(=O)NC4(C#N)CC4)cc4c3cnn4-c3nnc(C(F)F)s3)CC2C)CC1. The Hall–Kier alpha value is -3.22. The van der Waals surface area contributed by atoms with Gasteiger partial charge < -0.3 is 9.80 Å². The monoisotopic (exact) mass is 590 g/mol. The highest BCUT2D eigenvalue weighted by atomic mass is 32.2. The number of fused-ring (bicyclic) bond motifs is 1. The summed E-state index contributed by atoms with van der Waals surface area (Å²) in [5, 5.41) is 21.4. The van der Waals surface area contributed by atoms with Crippen molar-refractivity contribution < 1.29 is 22.0 Å². The maximum Gasteiger partial charge on any atom is 0.291 e. The molecule has 212 valence electrons. The van der Waals surface area contributed by atoms with Gasteiger partial charge in [-0.1, -0.05) is 18.3 Å². The third kappa shape index (κ3) is 4.51. The van der Waals surface area contributed by atoms with Crippen molar-refractivity contribution in [2.45, 2.75) is 68.9 Å². The summed E-state index contributed by atoms with van der Waals surface area (Å²) in [6.07, 6.45) is 2.22. The summed E-state index contributed by atoms with van der Waals surface area (Å²) >= 11 is 0.668. The van der Waals surface area contributed by atoms with Crippen LogP contribution in [-0.2, 0) is 14.8 Å². The van der Waals surface area contributed by atoms with Gasteiger partial charge >= 0.3 is 0 Å². The van der Waals surface area contributed by atoms with Crippen LogP contribution in [0.15, 0.2) is 23.2 Å². The molecule has 1 saturated heterocycles. The van der Waals surface area contributed by atoms with E-state index in [0.29, 0.717) is 60.4 Å². The van der Waals surface area contributed by atoms with Crippen LogP contribution in [0.25, 0.3) is 16.0 Å². The van der Waals surface area contributed by atoms with Gasteiger partial charge in [0.15, 0.2) is 5.01 Å². The minimum Gasteiger partial charge on any atom is -0.367 e. The average molecular weight is 591 g/mol. The second kappa shape index (κ2) is 9.42. The lowest BCUT2D eigenvalue weighted by atomic mass is 9.99. The molecule has 0 bridgehead atoms. The summed E-state index contributed by atoms with van der Waals surface area (Å²) in [4.78, 5) is 17.1. The molecule has 0 spiro atoms. The van der Waals surface area contributed by atoms with Gasteiger partial charge in [-0.3, -0.25) is 4.79 Å². The van der Waals surface area contributed by atoms with E-state index in [2.05, 4.69) is 20.0 Å². The molecule has 3 aliphatic rings. The van der Waals surface area contributed by atoms with Gasteiger partial charge in [0.2, 0.25) is 21.1 Å². The van der Waals surface area contributed by atoms with Crippen molar-refractivity contribution in [3.8, 4) is 11.2 Å². The first kappa shape index (κ1) is 27.0. The summed E-state index contributed by atoms with van der Waals surface area (Å²) < 4.78 is 57.2. The van der Waals surface area contributed by atoms with Crippen molar-refractivity contribution in [1.82, 2.24) is 29.6 Å². The van der Waals surface area contributed by atoms with E-state index in [0.717, 1.165) is 19.3 Å². The van der Waals surface area contributed by atoms with E-state index in [-0.39, 0.29) is 27.4 Å². The lowest BCUT2D eigenvalue weighted by Gasteiger charge is -2.42. The second-order valence-electron chi connectivity index (χ2n) is 10.9. The topological polar surface area (TPSA) is 137 Å². The third-order valence-corrected chi connectivity index (χ3v) is 10.7. The molecule has 11 nitrogen and oxygen atoms in total. The van der Waals surface area contributed by atoms with Gasteiger partial charge in [-0.05, 0) is 51.2 Å². The van der Waals surface area contributed by atoms with Crippen molar-refractivity contribution >= 4 is 43.9 Å². The predicted molar refractivity (Wildman–Crippen MR) is 143 cm³/mol. The van der Waals surface area contributed by atoms with Crippen LogP contribution in [0.1, 0.15) is 57.4 Å². The fourth-order valence-electron chi connectivity index (χ4n) is 5.38. The van der Waals surface area contributed by atoms with Gasteiger partial charge in [-0.25, -0.2) is 21.9 Å². The molecule has 3 heterocycles. The van der Waals surface area contributed by atoms with Crippen LogP contribution in [0.5, 0.6) is 0 Å². The maximum absolute atomic E-state index is 13.5. The zero-order valence-corrected chi connectivity index (χ0v) is 23.6. The highest BCUT2D eigenvalue weighted by molar-refractivity contribution is 7.89. The Kier molecular flexibility index (Phi) is 6.35. The quantitative estimate of drug-likeness (QED) is 0.422. The van der Waals surface area contributed by atoms with Crippen molar-refractivity contribution in [3.63, 3.8) is 0 Å². The number of benzene rings is 1. The minimum atomic E-state index is -4.11. The summed E-state index contributed by atoms with van der Waals surface area (Å²) in [7, 11) is -4.11. The second-order valence-corrected chi connectivity index (χ2v) is 13.6. The number of rotatable bonds is 8. The normalized spacial score (nSPS) is 21.6. The maximum atomic E-state index is 13.5. The van der Waals surface area contributed by atoms with Crippen LogP contribution in [0.3, 0.4) is 0 Å². The molecule has 1 amide bonds. The highest BCUT2D eigenvalue weighted by Crippen LogP contribution is 2.50. The van der Waals surface area contributed by atoms with E-state index in [1.807, 2.05) is 29.7 Å². The molecule has 3 aromatic rings. The van der Waals surface area contributed by atoms with Gasteiger partial charge in [0.05, 0.1) is 22.7 Å². The van der Waals surface area contributed by atoms with Gasteiger partial charge in [-0.2, -0.15) is 15.1 Å². The fourth-order valence-corrected chi connectivity index (χ4v) is 7.47. The molecule has 15 heteroatoms. The molecule has 1 aromatic carbocycles. The number of hydrogen-bond donors (Lipinski definition) is 1. The predicted octanol–water partition coefficient (Wildman–Crippen LogP) is 3.38. The zero-order valence-electron chi connectivity index (χ0n) is 22.0. The third-order valence-electron chi connectivity index (χ3n) is 8.26. The molecule has 1 aliphatic heterocycles. The van der Waals surface area contributed by atoms with Crippen LogP contribution in [-0.4, -0.2) is 70.4 Å². The van der Waals surface area contributed by atoms with Crippen molar-refractivity contribution in [3.05, 3.63) is 23.3 Å². The number of hydrogen-bond acceptors (Lipinski definition) is 9. The Morgan fingerprint density at radius 3 is 2.58 bits per heavy atom. The van der Waals surface area contributed by atoms with E-state index in [4.69, 9.17) is 0 Å². The smallest absolute Gasteiger partial charge is 0.291 e. The van der Waals surface area contributed by atoms with Crippen molar-refractivity contribution in [2.24, 2.45) is 5.41 Å². The van der Waals surface area contributed by atoms with E-state index < -0.39 is 27.0 Å². The standard InChI is InChI=1S/C25H28F2N8O3S2/c1-3-24(4-5-24)22(36)34-9-8-33(13-15(34)2)18-10-16(40(37,38)32-25(14-28)6-7-25)11-19-17(18)12-29-35(19)23-31-30-21(39-23)20(26)27/h10-12,15,20,32H,3-9,13H2,1-2H3. The molecule has 2 saturated carbocycles. The zero-order chi connectivity index (χ0) is 28.4. The number of aromatic nitrogens is 4. The van der Waals surface area contributed by atoms with Gasteiger partial charge in [0.25, 0.3) is 6.43 Å². The summed E-state index contributed by atoms with van der Waals surface area (Å²) in [5.41, 5.74) is -0.438. The van der Waals surface area contributed by atoms with Crippen LogP contribution in [0, 0.1) is 16.7 Å². The molecular weight excluding hydrogens is 562 g/mol. The lowest BCUT2D eigenvalue weighted by Crippen LogP contribution is -2.55. The average Bonchev–Trinajstić information content (AvgIpc) is 3.79. The molecule has 1 atom stereocenters. The fraction of sp³-hybridized carbons (Fsp3) is 0.560. The van der Waals surface area contributed by atoms with Crippen LogP contribution >= 0.6 is 11.3 Å². The molecular formula is C25H28F2N8O3S2. The number of nitriles is 1. The van der Waals surface area contributed by atoms with Gasteiger partial charge in [0.1, 0.15) is 5.54 Å². The number of carbonyl (C=O) groups is 1. The number of piperazine rings is 1. The first-order valence-corrected chi connectivity index (χ1v) is 15.5. The Morgan fingerprint density at radius 1 is 1.25 bits per heavy atom. The number of carbonyl (C=O) groups excluding carboxylic acids is 1. The Morgan fingerprint density at radius 2 is 2.00 bits per heavy atom. The van der Waals surface area contributed by atoms with E-state index in [1.165, 1.54) is 10.7 Å². The summed E-state index contributed by atoms with van der Waals surface area (Å²) in [6, 6.07) is 4.88. The molecule has 40 heavy (non-hydrogen) atoms. The van der Waals surface area contributed by atoms with Crippen molar-refractivity contribution in [2.75, 3.05) is 24.5 Å². The van der Waals surface area contributed by atoms with Crippen LogP contribution in [0.2, 0.25) is 0 Å². The van der Waals surface area contributed by atoms with Crippen molar-refractivity contribution in [1.29, 1.82) is 5.26 Å². The Bertz CT molecular complexity index is 1640. The van der Waals surface area contributed by atoms with E-state index in [1.54, 1.807) is 12.3 Å².